The second-order valence-electron chi connectivity index (χ2n) is 8.58. The number of benzene rings is 1. The highest BCUT2D eigenvalue weighted by Gasteiger charge is 2.38. The van der Waals surface area contributed by atoms with Crippen LogP contribution in [0.15, 0.2) is 34.7 Å². The van der Waals surface area contributed by atoms with Crippen molar-refractivity contribution in [3.8, 4) is 11.5 Å². The molecule has 1 aliphatic rings. The van der Waals surface area contributed by atoms with E-state index in [0.717, 1.165) is 12.8 Å². The number of carbonyl (C=O) groups excluding carboxylic acids is 3. The Balaban J connectivity index is 1.83. The minimum absolute atomic E-state index is 0.0613. The number of furan rings is 1. The number of amides is 3. The van der Waals surface area contributed by atoms with Crippen molar-refractivity contribution in [2.45, 2.75) is 31.9 Å². The molecule has 0 spiro atoms. The van der Waals surface area contributed by atoms with Crippen LogP contribution in [-0.4, -0.2) is 55.6 Å². The van der Waals surface area contributed by atoms with Gasteiger partial charge in [-0.25, -0.2) is 0 Å². The van der Waals surface area contributed by atoms with Crippen LogP contribution in [0.2, 0.25) is 0 Å². The number of aromatic nitrogens is 1. The van der Waals surface area contributed by atoms with Crippen LogP contribution in [0.25, 0.3) is 0 Å². The summed E-state index contributed by atoms with van der Waals surface area (Å²) in [5, 5.41) is 2.89. The molecule has 38 heavy (non-hydrogen) atoms. The first-order chi connectivity index (χ1) is 18.2. The second kappa shape index (κ2) is 11.5. The maximum atomic E-state index is 14.1. The van der Waals surface area contributed by atoms with Gasteiger partial charge in [-0.3, -0.25) is 19.3 Å². The summed E-state index contributed by atoms with van der Waals surface area (Å²) in [6.45, 7) is 2.62. The van der Waals surface area contributed by atoms with Gasteiger partial charge in [0.15, 0.2) is 23.2 Å². The Morgan fingerprint density at radius 2 is 1.97 bits per heavy atom. The van der Waals surface area contributed by atoms with Gasteiger partial charge in [-0.2, -0.15) is 4.37 Å². The summed E-state index contributed by atoms with van der Waals surface area (Å²) in [5.74, 6) is -0.555. The zero-order valence-electron chi connectivity index (χ0n) is 21.2. The molecule has 5 N–H and O–H groups in total. The predicted octanol–water partition coefficient (Wildman–Crippen LogP) is 2.43. The van der Waals surface area contributed by atoms with Gasteiger partial charge in [0.05, 0.1) is 26.0 Å². The number of carbonyl (C=O) groups is 3. The van der Waals surface area contributed by atoms with Crippen LogP contribution in [0.1, 0.15) is 50.6 Å². The van der Waals surface area contributed by atoms with Gasteiger partial charge in [-0.1, -0.05) is 0 Å². The van der Waals surface area contributed by atoms with Crippen molar-refractivity contribution in [1.82, 2.24) is 9.69 Å². The lowest BCUT2D eigenvalue weighted by Crippen LogP contribution is -2.45. The van der Waals surface area contributed by atoms with E-state index in [1.165, 1.54) is 19.1 Å². The standard InChI is InChI=1S/C25H29N5O7S/c1-13-6-8-17(37-13)21(24(32)28-12-15-5-4-10-36-15)30(14-7-9-16(34-2)18(11-14)35-3)25(33)22-19(26)20(23(27)31)29-38-22/h6-9,11,15,21H,4-5,10,12,26H2,1-3H3,(H2,27,31)(H,28,32)/t15-,21-/m1/s1. The van der Waals surface area contributed by atoms with Crippen LogP contribution in [0.3, 0.4) is 0 Å². The maximum absolute atomic E-state index is 14.1. The van der Waals surface area contributed by atoms with Gasteiger partial charge in [-0.05, 0) is 55.6 Å². The highest BCUT2D eigenvalue weighted by molar-refractivity contribution is 7.09. The molecule has 1 aliphatic heterocycles. The number of ether oxygens (including phenoxy) is 3. The molecule has 1 fully saturated rings. The first-order valence-electron chi connectivity index (χ1n) is 11.8. The molecule has 0 aliphatic carbocycles. The molecule has 1 saturated heterocycles. The monoisotopic (exact) mass is 543 g/mol. The lowest BCUT2D eigenvalue weighted by molar-refractivity contribution is -0.123. The molecule has 202 valence electrons. The third-order valence-corrected chi connectivity index (χ3v) is 6.94. The number of hydrogen-bond acceptors (Lipinski definition) is 10. The van der Waals surface area contributed by atoms with Crippen molar-refractivity contribution in [2.24, 2.45) is 5.73 Å². The van der Waals surface area contributed by atoms with E-state index in [1.807, 2.05) is 0 Å². The van der Waals surface area contributed by atoms with Gasteiger partial charge >= 0.3 is 0 Å². The van der Waals surface area contributed by atoms with Crippen molar-refractivity contribution >= 4 is 40.6 Å². The van der Waals surface area contributed by atoms with E-state index in [1.54, 1.807) is 37.3 Å². The number of anilines is 2. The van der Waals surface area contributed by atoms with Gasteiger partial charge in [0.25, 0.3) is 17.7 Å². The Labute approximate surface area is 223 Å². The minimum atomic E-state index is -1.26. The Morgan fingerprint density at radius 1 is 1.21 bits per heavy atom. The third-order valence-electron chi connectivity index (χ3n) is 6.08. The quantitative estimate of drug-likeness (QED) is 0.347. The first-order valence-corrected chi connectivity index (χ1v) is 12.6. The van der Waals surface area contributed by atoms with Crippen LogP contribution < -0.4 is 31.2 Å². The van der Waals surface area contributed by atoms with Crippen molar-refractivity contribution < 1.29 is 33.0 Å². The summed E-state index contributed by atoms with van der Waals surface area (Å²) in [7, 11) is 2.94. The summed E-state index contributed by atoms with van der Waals surface area (Å²) >= 11 is 0.711. The molecule has 0 radical (unpaired) electrons. The number of rotatable bonds is 10. The molecule has 3 amide bonds. The fourth-order valence-corrected chi connectivity index (χ4v) is 4.93. The molecule has 0 bridgehead atoms. The fraction of sp³-hybridized carbons (Fsp3) is 0.360. The molecule has 3 heterocycles. The summed E-state index contributed by atoms with van der Waals surface area (Å²) in [6.07, 6.45) is 1.60. The zero-order chi connectivity index (χ0) is 27.4. The lowest BCUT2D eigenvalue weighted by atomic mass is 10.1. The SMILES string of the molecule is COc1ccc(N(C(=O)c2snc(C(N)=O)c2N)[C@@H](C(=O)NC[C@H]2CCCO2)c2ccc(C)o2)cc1OC. The van der Waals surface area contributed by atoms with Gasteiger partial charge in [-0.15, -0.1) is 0 Å². The van der Waals surface area contributed by atoms with Crippen LogP contribution in [-0.2, 0) is 9.53 Å². The molecule has 1 aromatic carbocycles. The van der Waals surface area contributed by atoms with Crippen molar-refractivity contribution in [3.05, 3.63) is 52.4 Å². The summed E-state index contributed by atoms with van der Waals surface area (Å²) in [5.41, 5.74) is 11.4. The molecule has 2 atom stereocenters. The van der Waals surface area contributed by atoms with Crippen molar-refractivity contribution in [2.75, 3.05) is 38.0 Å². The largest absolute Gasteiger partial charge is 0.493 e. The Hall–Kier alpha value is -4.10. The zero-order valence-corrected chi connectivity index (χ0v) is 22.0. The molecule has 0 saturated carbocycles. The maximum Gasteiger partial charge on any atom is 0.273 e. The normalized spacial score (nSPS) is 15.6. The molecule has 2 aromatic heterocycles. The predicted molar refractivity (Wildman–Crippen MR) is 140 cm³/mol. The molecule has 3 aromatic rings. The number of primary amides is 1. The van der Waals surface area contributed by atoms with Crippen molar-refractivity contribution in [1.29, 1.82) is 0 Å². The molecule has 4 rings (SSSR count). The number of hydrogen-bond donors (Lipinski definition) is 3. The van der Waals surface area contributed by atoms with Crippen molar-refractivity contribution in [3.63, 3.8) is 0 Å². The Kier molecular flexibility index (Phi) is 8.17. The number of methoxy groups -OCH3 is 2. The highest BCUT2D eigenvalue weighted by atomic mass is 32.1. The number of nitrogens with one attached hydrogen (secondary N) is 1. The number of nitrogens with zero attached hydrogens (tertiary/aromatic N) is 2. The van der Waals surface area contributed by atoms with Crippen LogP contribution >= 0.6 is 11.5 Å². The van der Waals surface area contributed by atoms with E-state index in [0.29, 0.717) is 35.4 Å². The number of nitrogen functional groups attached to an aromatic ring is 1. The molecular weight excluding hydrogens is 514 g/mol. The molecular formula is C25H29N5O7S. The molecule has 0 unspecified atom stereocenters. The average molecular weight is 544 g/mol. The lowest BCUT2D eigenvalue weighted by Gasteiger charge is -2.30. The van der Waals surface area contributed by atoms with E-state index < -0.39 is 23.8 Å². The fourth-order valence-electron chi connectivity index (χ4n) is 4.19. The average Bonchev–Trinajstić information content (AvgIpc) is 3.66. The van der Waals surface area contributed by atoms with Gasteiger partial charge in [0, 0.05) is 24.9 Å². The third kappa shape index (κ3) is 5.43. The van der Waals surface area contributed by atoms with E-state index in [-0.39, 0.29) is 40.4 Å². The number of nitrogens with two attached hydrogens (primary N) is 2. The van der Waals surface area contributed by atoms with Crippen LogP contribution in [0.4, 0.5) is 11.4 Å². The van der Waals surface area contributed by atoms with Crippen LogP contribution in [0, 0.1) is 6.92 Å². The Morgan fingerprint density at radius 3 is 2.55 bits per heavy atom. The topological polar surface area (TPSA) is 172 Å². The molecule has 13 heteroatoms. The van der Waals surface area contributed by atoms with E-state index in [2.05, 4.69) is 9.69 Å². The van der Waals surface area contributed by atoms with E-state index >= 15 is 0 Å². The first kappa shape index (κ1) is 26.9. The minimum Gasteiger partial charge on any atom is -0.493 e. The van der Waals surface area contributed by atoms with Crippen LogP contribution in [0.5, 0.6) is 11.5 Å². The Bertz CT molecular complexity index is 1330. The van der Waals surface area contributed by atoms with E-state index in [9.17, 15) is 14.4 Å². The summed E-state index contributed by atoms with van der Waals surface area (Å²) in [4.78, 5) is 40.8. The molecule has 12 nitrogen and oxygen atoms in total. The smallest absolute Gasteiger partial charge is 0.273 e. The van der Waals surface area contributed by atoms with Gasteiger partial charge < -0.3 is 35.4 Å². The summed E-state index contributed by atoms with van der Waals surface area (Å²) in [6, 6.07) is 6.82. The summed E-state index contributed by atoms with van der Waals surface area (Å²) < 4.78 is 26.2. The number of aryl methyl sites for hydroxylation is 1. The van der Waals surface area contributed by atoms with E-state index in [4.69, 9.17) is 30.1 Å². The van der Waals surface area contributed by atoms with Gasteiger partial charge in [0.1, 0.15) is 16.4 Å². The highest BCUT2D eigenvalue weighted by Crippen LogP contribution is 2.38. The second-order valence-corrected chi connectivity index (χ2v) is 9.36. The van der Waals surface area contributed by atoms with Gasteiger partial charge in [0.2, 0.25) is 0 Å².